The Balaban J connectivity index is 1.58. The molecule has 4 rings (SSSR count). The van der Waals surface area contributed by atoms with Gasteiger partial charge in [0.1, 0.15) is 13.2 Å². The first-order valence-corrected chi connectivity index (χ1v) is 8.62. The highest BCUT2D eigenvalue weighted by Crippen LogP contribution is 2.28. The minimum atomic E-state index is 0.472. The van der Waals surface area contributed by atoms with Crippen molar-refractivity contribution in [2.75, 3.05) is 0 Å². The third kappa shape index (κ3) is 3.83. The van der Waals surface area contributed by atoms with E-state index in [0.717, 1.165) is 21.9 Å². The summed E-state index contributed by atoms with van der Waals surface area (Å²) in [6.07, 6.45) is 0. The molecule has 4 aromatic rings. The fourth-order valence-corrected chi connectivity index (χ4v) is 2.78. The highest BCUT2D eigenvalue weighted by molar-refractivity contribution is 5.87. The van der Waals surface area contributed by atoms with Crippen LogP contribution < -0.4 is 9.47 Å². The fourth-order valence-electron chi connectivity index (χ4n) is 2.78. The van der Waals surface area contributed by atoms with E-state index >= 15 is 0 Å². The van der Waals surface area contributed by atoms with Gasteiger partial charge in [-0.1, -0.05) is 78.9 Å². The van der Waals surface area contributed by atoms with Crippen molar-refractivity contribution >= 4 is 10.8 Å². The quantitative estimate of drug-likeness (QED) is 0.471. The highest BCUT2D eigenvalue weighted by Gasteiger charge is 2.09. The summed E-state index contributed by atoms with van der Waals surface area (Å²) in [6.45, 7) is 0.949. The average Bonchev–Trinajstić information content (AvgIpc) is 2.72. The zero-order valence-electron chi connectivity index (χ0n) is 14.3. The summed E-state index contributed by atoms with van der Waals surface area (Å²) in [5, 5.41) is 2.03. The summed E-state index contributed by atoms with van der Waals surface area (Å²) in [7, 11) is 0. The van der Waals surface area contributed by atoms with Crippen LogP contribution in [0.15, 0.2) is 91.0 Å². The van der Waals surface area contributed by atoms with Gasteiger partial charge in [0.2, 0.25) is 11.8 Å². The zero-order valence-corrected chi connectivity index (χ0v) is 14.3. The summed E-state index contributed by atoms with van der Waals surface area (Å²) >= 11 is 0. The van der Waals surface area contributed by atoms with Crippen LogP contribution in [0.5, 0.6) is 11.8 Å². The molecule has 0 amide bonds. The number of ether oxygens (including phenoxy) is 2. The smallest absolute Gasteiger partial charge is 0.225 e. The van der Waals surface area contributed by atoms with Crippen molar-refractivity contribution in [3.63, 3.8) is 0 Å². The number of rotatable bonds is 6. The molecule has 1 heterocycles. The van der Waals surface area contributed by atoms with Gasteiger partial charge in [0.05, 0.1) is 0 Å². The van der Waals surface area contributed by atoms with Gasteiger partial charge in [-0.05, 0) is 22.6 Å². The zero-order chi connectivity index (χ0) is 17.6. The Kier molecular flexibility index (Phi) is 4.79. The van der Waals surface area contributed by atoms with Crippen LogP contribution in [-0.2, 0) is 13.2 Å². The third-order valence-electron chi connectivity index (χ3n) is 4.13. The molecule has 0 saturated heterocycles. The standard InChI is InChI=1S/C23H19NO2/c1-3-9-18(10-4-1)16-25-22-15-20-13-7-8-14-21(20)23(24-22)26-17-19-11-5-2-6-12-19/h1-15H,16-17H2. The van der Waals surface area contributed by atoms with Crippen molar-refractivity contribution < 1.29 is 9.47 Å². The second-order valence-electron chi connectivity index (χ2n) is 6.04. The molecule has 128 valence electrons. The van der Waals surface area contributed by atoms with Gasteiger partial charge in [0.25, 0.3) is 0 Å². The van der Waals surface area contributed by atoms with Crippen LogP contribution in [0, 0.1) is 0 Å². The van der Waals surface area contributed by atoms with E-state index in [1.165, 1.54) is 0 Å². The molecule has 3 aromatic carbocycles. The number of fused-ring (bicyclic) bond motifs is 1. The van der Waals surface area contributed by atoms with Gasteiger partial charge in [0.15, 0.2) is 0 Å². The molecule has 3 nitrogen and oxygen atoms in total. The van der Waals surface area contributed by atoms with Crippen molar-refractivity contribution in [3.8, 4) is 11.8 Å². The van der Waals surface area contributed by atoms with Gasteiger partial charge >= 0.3 is 0 Å². The monoisotopic (exact) mass is 341 g/mol. The van der Waals surface area contributed by atoms with Crippen molar-refractivity contribution in [1.29, 1.82) is 0 Å². The first-order chi connectivity index (χ1) is 12.9. The Labute approximate surface area is 152 Å². The lowest BCUT2D eigenvalue weighted by Crippen LogP contribution is -2.01. The van der Waals surface area contributed by atoms with E-state index in [2.05, 4.69) is 4.98 Å². The topological polar surface area (TPSA) is 31.4 Å². The minimum absolute atomic E-state index is 0.472. The molecule has 0 unspecified atom stereocenters. The van der Waals surface area contributed by atoms with Gasteiger partial charge in [-0.2, -0.15) is 4.98 Å². The molecule has 26 heavy (non-hydrogen) atoms. The molecule has 0 radical (unpaired) electrons. The van der Waals surface area contributed by atoms with E-state index in [0.29, 0.717) is 25.0 Å². The van der Waals surface area contributed by atoms with E-state index in [9.17, 15) is 0 Å². The van der Waals surface area contributed by atoms with E-state index in [4.69, 9.17) is 9.47 Å². The molecular weight excluding hydrogens is 322 g/mol. The van der Waals surface area contributed by atoms with Crippen molar-refractivity contribution in [2.45, 2.75) is 13.2 Å². The molecule has 0 fully saturated rings. The molecule has 0 aliphatic rings. The summed E-state index contributed by atoms with van der Waals surface area (Å²) in [5.41, 5.74) is 2.21. The van der Waals surface area contributed by atoms with Gasteiger partial charge in [-0.25, -0.2) is 0 Å². The molecule has 0 atom stereocenters. The largest absolute Gasteiger partial charge is 0.473 e. The number of benzene rings is 3. The SMILES string of the molecule is c1ccc(COc2cc3ccccc3c(OCc3ccccc3)n2)cc1. The Morgan fingerprint density at radius 1 is 0.615 bits per heavy atom. The Hall–Kier alpha value is -3.33. The van der Waals surface area contributed by atoms with Crippen LogP contribution >= 0.6 is 0 Å². The van der Waals surface area contributed by atoms with Gasteiger partial charge in [-0.15, -0.1) is 0 Å². The first kappa shape index (κ1) is 16.2. The van der Waals surface area contributed by atoms with Crippen LogP contribution in [0.1, 0.15) is 11.1 Å². The maximum absolute atomic E-state index is 6.01. The second-order valence-corrected chi connectivity index (χ2v) is 6.04. The summed E-state index contributed by atoms with van der Waals surface area (Å²) in [6, 6.07) is 30.2. The van der Waals surface area contributed by atoms with E-state index in [-0.39, 0.29) is 0 Å². The molecule has 0 bridgehead atoms. The fraction of sp³-hybridized carbons (Fsp3) is 0.0870. The maximum atomic E-state index is 6.01. The Bertz CT molecular complexity index is 985. The summed E-state index contributed by atoms with van der Waals surface area (Å²) in [5.74, 6) is 1.16. The van der Waals surface area contributed by atoms with Crippen molar-refractivity contribution in [1.82, 2.24) is 4.98 Å². The lowest BCUT2D eigenvalue weighted by atomic mass is 10.1. The van der Waals surface area contributed by atoms with Crippen LogP contribution in [0.3, 0.4) is 0 Å². The van der Waals surface area contributed by atoms with Crippen molar-refractivity contribution in [2.24, 2.45) is 0 Å². The van der Waals surface area contributed by atoms with E-state index < -0.39 is 0 Å². The Morgan fingerprint density at radius 3 is 1.88 bits per heavy atom. The third-order valence-corrected chi connectivity index (χ3v) is 4.13. The molecule has 0 aliphatic heterocycles. The predicted molar refractivity (Wildman–Crippen MR) is 103 cm³/mol. The van der Waals surface area contributed by atoms with Crippen LogP contribution in [0.4, 0.5) is 0 Å². The van der Waals surface area contributed by atoms with E-state index in [1.807, 2.05) is 91.0 Å². The summed E-state index contributed by atoms with van der Waals surface area (Å²) in [4.78, 5) is 4.59. The minimum Gasteiger partial charge on any atom is -0.473 e. The molecule has 0 spiro atoms. The summed E-state index contributed by atoms with van der Waals surface area (Å²) < 4.78 is 11.9. The number of hydrogen-bond donors (Lipinski definition) is 0. The molecule has 3 heteroatoms. The number of hydrogen-bond acceptors (Lipinski definition) is 3. The normalized spacial score (nSPS) is 10.6. The van der Waals surface area contributed by atoms with E-state index in [1.54, 1.807) is 0 Å². The second kappa shape index (κ2) is 7.70. The molecule has 0 saturated carbocycles. The number of pyridine rings is 1. The Morgan fingerprint density at radius 2 is 1.19 bits per heavy atom. The van der Waals surface area contributed by atoms with Gasteiger partial charge in [-0.3, -0.25) is 0 Å². The molecule has 0 N–H and O–H groups in total. The van der Waals surface area contributed by atoms with Crippen LogP contribution in [0.25, 0.3) is 10.8 Å². The van der Waals surface area contributed by atoms with Gasteiger partial charge < -0.3 is 9.47 Å². The predicted octanol–water partition coefficient (Wildman–Crippen LogP) is 5.39. The highest BCUT2D eigenvalue weighted by atomic mass is 16.5. The first-order valence-electron chi connectivity index (χ1n) is 8.62. The lowest BCUT2D eigenvalue weighted by Gasteiger charge is -2.12. The van der Waals surface area contributed by atoms with Crippen LogP contribution in [0.2, 0.25) is 0 Å². The molecule has 0 aliphatic carbocycles. The number of nitrogens with zero attached hydrogens (tertiary/aromatic N) is 1. The average molecular weight is 341 g/mol. The van der Waals surface area contributed by atoms with Gasteiger partial charge in [0, 0.05) is 11.5 Å². The van der Waals surface area contributed by atoms with Crippen molar-refractivity contribution in [3.05, 3.63) is 102 Å². The lowest BCUT2D eigenvalue weighted by molar-refractivity contribution is 0.271. The molecular formula is C23H19NO2. The number of aromatic nitrogens is 1. The molecule has 1 aromatic heterocycles. The maximum Gasteiger partial charge on any atom is 0.225 e. The van der Waals surface area contributed by atoms with Crippen LogP contribution in [-0.4, -0.2) is 4.98 Å².